The standard InChI is InChI=1S/C17H23N3O2S3/c1-5-17(2,3)18-14(21)11-24-16-20-19-15(25-16)23-10-12-6-8-13(22-4)9-7-12/h6-9H,5,10-11H2,1-4H3,(H,18,21). The first kappa shape index (κ1) is 20.1. The Morgan fingerprint density at radius 3 is 2.44 bits per heavy atom. The van der Waals surface area contributed by atoms with Crippen LogP contribution in [-0.4, -0.2) is 34.5 Å². The summed E-state index contributed by atoms with van der Waals surface area (Å²) in [6.07, 6.45) is 0.897. The average molecular weight is 398 g/mol. The van der Waals surface area contributed by atoms with Crippen LogP contribution in [0.5, 0.6) is 5.75 Å². The van der Waals surface area contributed by atoms with Crippen molar-refractivity contribution in [3.63, 3.8) is 0 Å². The molecule has 1 aromatic carbocycles. The van der Waals surface area contributed by atoms with Gasteiger partial charge in [-0.05, 0) is 38.0 Å². The minimum absolute atomic E-state index is 0.0273. The molecule has 1 aromatic heterocycles. The molecule has 0 unspecified atom stereocenters. The molecule has 0 radical (unpaired) electrons. The van der Waals surface area contributed by atoms with Crippen molar-refractivity contribution in [2.75, 3.05) is 12.9 Å². The number of nitrogens with one attached hydrogen (secondary N) is 1. The fourth-order valence-electron chi connectivity index (χ4n) is 1.81. The number of carbonyl (C=O) groups excluding carboxylic acids is 1. The second kappa shape index (κ2) is 9.45. The third-order valence-corrected chi connectivity index (χ3v) is 6.86. The fourth-order valence-corrected chi connectivity index (χ4v) is 4.59. The molecule has 2 rings (SSSR count). The maximum absolute atomic E-state index is 12.0. The van der Waals surface area contributed by atoms with E-state index in [1.807, 2.05) is 38.1 Å². The molecule has 1 N–H and O–H groups in total. The highest BCUT2D eigenvalue weighted by atomic mass is 32.2. The number of amides is 1. The molecule has 0 saturated heterocycles. The third kappa shape index (κ3) is 6.87. The van der Waals surface area contributed by atoms with E-state index in [-0.39, 0.29) is 11.4 Å². The first-order valence-electron chi connectivity index (χ1n) is 7.95. The SMILES string of the molecule is CCC(C)(C)NC(=O)CSc1nnc(SCc2ccc(OC)cc2)s1. The highest BCUT2D eigenvalue weighted by molar-refractivity contribution is 8.03. The van der Waals surface area contributed by atoms with Gasteiger partial charge in [0.1, 0.15) is 5.75 Å². The number of ether oxygens (including phenoxy) is 1. The normalized spacial score (nSPS) is 11.4. The number of benzene rings is 1. The maximum Gasteiger partial charge on any atom is 0.230 e. The fraction of sp³-hybridized carbons (Fsp3) is 0.471. The molecule has 8 heteroatoms. The molecule has 0 fully saturated rings. The Kier molecular flexibility index (Phi) is 7.58. The summed E-state index contributed by atoms with van der Waals surface area (Å²) in [6, 6.07) is 7.99. The van der Waals surface area contributed by atoms with E-state index in [1.165, 1.54) is 28.7 Å². The van der Waals surface area contributed by atoms with Crippen LogP contribution in [0, 0.1) is 0 Å². The Hall–Kier alpha value is -1.25. The molecule has 25 heavy (non-hydrogen) atoms. The molecule has 0 aliphatic rings. The van der Waals surface area contributed by atoms with Gasteiger partial charge < -0.3 is 10.1 Å². The predicted molar refractivity (Wildman–Crippen MR) is 106 cm³/mol. The average Bonchev–Trinajstić information content (AvgIpc) is 3.06. The van der Waals surface area contributed by atoms with Crippen molar-refractivity contribution in [3.8, 4) is 5.75 Å². The van der Waals surface area contributed by atoms with Crippen LogP contribution in [0.25, 0.3) is 0 Å². The van der Waals surface area contributed by atoms with Crippen LogP contribution >= 0.6 is 34.9 Å². The van der Waals surface area contributed by atoms with Crippen LogP contribution in [0.15, 0.2) is 32.9 Å². The van der Waals surface area contributed by atoms with Crippen molar-refractivity contribution >= 4 is 40.8 Å². The highest BCUT2D eigenvalue weighted by Gasteiger charge is 2.18. The van der Waals surface area contributed by atoms with Crippen LogP contribution in [0.2, 0.25) is 0 Å². The van der Waals surface area contributed by atoms with Crippen molar-refractivity contribution in [1.82, 2.24) is 15.5 Å². The Morgan fingerprint density at radius 1 is 1.20 bits per heavy atom. The topological polar surface area (TPSA) is 64.1 Å². The summed E-state index contributed by atoms with van der Waals surface area (Å²) in [5.41, 5.74) is 1.04. The highest BCUT2D eigenvalue weighted by Crippen LogP contribution is 2.31. The van der Waals surface area contributed by atoms with Gasteiger partial charge in [0.05, 0.1) is 12.9 Å². The molecule has 0 aliphatic carbocycles. The van der Waals surface area contributed by atoms with E-state index in [9.17, 15) is 4.79 Å². The molecule has 5 nitrogen and oxygen atoms in total. The molecular weight excluding hydrogens is 374 g/mol. The molecule has 0 saturated carbocycles. The molecule has 136 valence electrons. The van der Waals surface area contributed by atoms with Gasteiger partial charge in [-0.2, -0.15) is 0 Å². The van der Waals surface area contributed by atoms with Gasteiger partial charge in [0.25, 0.3) is 0 Å². The summed E-state index contributed by atoms with van der Waals surface area (Å²) in [5.74, 6) is 2.07. The first-order chi connectivity index (χ1) is 11.9. The van der Waals surface area contributed by atoms with Gasteiger partial charge in [-0.3, -0.25) is 4.79 Å². The lowest BCUT2D eigenvalue weighted by Crippen LogP contribution is -2.43. The van der Waals surface area contributed by atoms with E-state index < -0.39 is 0 Å². The van der Waals surface area contributed by atoms with Crippen LogP contribution in [0.1, 0.15) is 32.8 Å². The van der Waals surface area contributed by atoms with Crippen LogP contribution in [-0.2, 0) is 10.5 Å². The van der Waals surface area contributed by atoms with Crippen LogP contribution in [0.3, 0.4) is 0 Å². The van der Waals surface area contributed by atoms with Gasteiger partial charge in [0, 0.05) is 11.3 Å². The lowest BCUT2D eigenvalue weighted by atomic mass is 10.0. The first-order valence-corrected chi connectivity index (χ1v) is 10.7. The molecule has 1 heterocycles. The lowest BCUT2D eigenvalue weighted by molar-refractivity contribution is -0.120. The second-order valence-corrected chi connectivity index (χ2v) is 9.47. The van der Waals surface area contributed by atoms with E-state index in [2.05, 4.69) is 22.4 Å². The van der Waals surface area contributed by atoms with E-state index >= 15 is 0 Å². The van der Waals surface area contributed by atoms with E-state index in [0.717, 1.165) is 26.6 Å². The van der Waals surface area contributed by atoms with Gasteiger partial charge in [0.15, 0.2) is 8.68 Å². The summed E-state index contributed by atoms with van der Waals surface area (Å²) in [7, 11) is 1.66. The number of carbonyl (C=O) groups is 1. The van der Waals surface area contributed by atoms with Crippen molar-refractivity contribution < 1.29 is 9.53 Å². The summed E-state index contributed by atoms with van der Waals surface area (Å²) in [6.45, 7) is 6.10. The molecule has 2 aromatic rings. The summed E-state index contributed by atoms with van der Waals surface area (Å²) < 4.78 is 6.89. The molecule has 0 aliphatic heterocycles. The number of methoxy groups -OCH3 is 1. The van der Waals surface area contributed by atoms with Gasteiger partial charge in [0.2, 0.25) is 5.91 Å². The number of hydrogen-bond acceptors (Lipinski definition) is 7. The van der Waals surface area contributed by atoms with Gasteiger partial charge in [-0.1, -0.05) is 53.9 Å². The zero-order valence-electron chi connectivity index (χ0n) is 14.9. The van der Waals surface area contributed by atoms with Gasteiger partial charge in [-0.15, -0.1) is 10.2 Å². The number of thioether (sulfide) groups is 2. The van der Waals surface area contributed by atoms with Crippen molar-refractivity contribution in [2.24, 2.45) is 0 Å². The van der Waals surface area contributed by atoms with Crippen LogP contribution < -0.4 is 10.1 Å². The zero-order chi connectivity index (χ0) is 18.3. The number of rotatable bonds is 9. The Labute approximate surface area is 161 Å². The molecule has 0 atom stereocenters. The van der Waals surface area contributed by atoms with E-state index in [4.69, 9.17) is 4.74 Å². The van der Waals surface area contributed by atoms with Crippen molar-refractivity contribution in [2.45, 2.75) is 47.2 Å². The molecule has 0 bridgehead atoms. The van der Waals surface area contributed by atoms with Crippen molar-refractivity contribution in [3.05, 3.63) is 29.8 Å². The number of nitrogens with zero attached hydrogens (tertiary/aromatic N) is 2. The summed E-state index contributed by atoms with van der Waals surface area (Å²) in [5, 5.41) is 11.4. The molecule has 0 spiro atoms. The van der Waals surface area contributed by atoms with Gasteiger partial charge >= 0.3 is 0 Å². The maximum atomic E-state index is 12.0. The number of aromatic nitrogens is 2. The number of hydrogen-bond donors (Lipinski definition) is 1. The summed E-state index contributed by atoms with van der Waals surface area (Å²) in [4.78, 5) is 12.0. The molecular formula is C17H23N3O2S3. The minimum Gasteiger partial charge on any atom is -0.497 e. The smallest absolute Gasteiger partial charge is 0.230 e. The summed E-state index contributed by atoms with van der Waals surface area (Å²) >= 11 is 4.60. The Balaban J connectivity index is 1.78. The lowest BCUT2D eigenvalue weighted by Gasteiger charge is -2.24. The zero-order valence-corrected chi connectivity index (χ0v) is 17.3. The van der Waals surface area contributed by atoms with Crippen LogP contribution in [0.4, 0.5) is 0 Å². The third-order valence-electron chi connectivity index (χ3n) is 3.60. The Bertz CT molecular complexity index is 687. The largest absolute Gasteiger partial charge is 0.497 e. The quantitative estimate of drug-likeness (QED) is 0.639. The molecule has 1 amide bonds. The second-order valence-electron chi connectivity index (χ2n) is 6.04. The van der Waals surface area contributed by atoms with Gasteiger partial charge in [-0.25, -0.2) is 0 Å². The predicted octanol–water partition coefficient (Wildman–Crippen LogP) is 4.24. The monoisotopic (exact) mass is 397 g/mol. The van der Waals surface area contributed by atoms with Crippen molar-refractivity contribution in [1.29, 1.82) is 0 Å². The minimum atomic E-state index is -0.169. The Morgan fingerprint density at radius 2 is 1.84 bits per heavy atom. The van der Waals surface area contributed by atoms with E-state index in [0.29, 0.717) is 5.75 Å². The van der Waals surface area contributed by atoms with E-state index in [1.54, 1.807) is 18.9 Å².